The van der Waals surface area contributed by atoms with Crippen LogP contribution in [0.1, 0.15) is 40.5 Å². The van der Waals surface area contributed by atoms with Gasteiger partial charge >= 0.3 is 12.1 Å². The number of hydrogen-bond donors (Lipinski definition) is 1. The van der Waals surface area contributed by atoms with Gasteiger partial charge in [0.25, 0.3) is 0 Å². The van der Waals surface area contributed by atoms with E-state index in [1.165, 1.54) is 7.11 Å². The van der Waals surface area contributed by atoms with Gasteiger partial charge in [-0.25, -0.2) is 9.18 Å². The van der Waals surface area contributed by atoms with Crippen LogP contribution in [0.3, 0.4) is 0 Å². The molecule has 0 aromatic rings. The highest BCUT2D eigenvalue weighted by atomic mass is 19.1. The van der Waals surface area contributed by atoms with E-state index in [-0.39, 0.29) is 6.54 Å². The first-order chi connectivity index (χ1) is 8.06. The SMILES string of the molecule is CC1(F)CC1.COC(=O)CNC(=O)OC(C)(C)C. The highest BCUT2D eigenvalue weighted by molar-refractivity contribution is 5.77. The molecule has 1 fully saturated rings. The number of alkyl carbamates (subject to hydrolysis) is 1. The molecule has 0 radical (unpaired) electrons. The Balaban J connectivity index is 0.000000473. The minimum atomic E-state index is -0.750. The van der Waals surface area contributed by atoms with Gasteiger partial charge in [-0.1, -0.05) is 0 Å². The number of rotatable bonds is 2. The number of amides is 1. The summed E-state index contributed by atoms with van der Waals surface area (Å²) in [6.07, 6.45) is 0.942. The average Bonchev–Trinajstić information content (AvgIpc) is 2.88. The van der Waals surface area contributed by atoms with E-state index in [9.17, 15) is 14.0 Å². The summed E-state index contributed by atoms with van der Waals surface area (Å²) < 4.78 is 21.0. The molecule has 0 unspecified atom stereocenters. The quantitative estimate of drug-likeness (QED) is 0.776. The lowest BCUT2D eigenvalue weighted by Gasteiger charge is -2.19. The Bertz CT molecular complexity index is 291. The second-order valence-corrected chi connectivity index (χ2v) is 5.34. The Morgan fingerprint density at radius 1 is 1.33 bits per heavy atom. The lowest BCUT2D eigenvalue weighted by atomic mass is 10.2. The fraction of sp³-hybridized carbons (Fsp3) is 0.833. The van der Waals surface area contributed by atoms with Gasteiger partial charge in [-0.15, -0.1) is 0 Å². The Morgan fingerprint density at radius 2 is 1.78 bits per heavy atom. The third-order valence-corrected chi connectivity index (χ3v) is 1.94. The van der Waals surface area contributed by atoms with Gasteiger partial charge in [0.15, 0.2) is 0 Å². The maximum absolute atomic E-state index is 11.8. The van der Waals surface area contributed by atoms with Crippen LogP contribution in [0.2, 0.25) is 0 Å². The second-order valence-electron chi connectivity index (χ2n) is 5.34. The number of ether oxygens (including phenoxy) is 2. The predicted molar refractivity (Wildman–Crippen MR) is 65.0 cm³/mol. The molecule has 1 rings (SSSR count). The van der Waals surface area contributed by atoms with Crippen molar-refractivity contribution in [3.63, 3.8) is 0 Å². The fourth-order valence-corrected chi connectivity index (χ4v) is 0.703. The van der Waals surface area contributed by atoms with E-state index in [0.29, 0.717) is 0 Å². The molecule has 0 bridgehead atoms. The first kappa shape index (κ1) is 16.7. The van der Waals surface area contributed by atoms with Crippen molar-refractivity contribution in [2.24, 2.45) is 0 Å². The zero-order valence-corrected chi connectivity index (χ0v) is 11.6. The van der Waals surface area contributed by atoms with Crippen molar-refractivity contribution in [1.29, 1.82) is 0 Å². The van der Waals surface area contributed by atoms with Crippen LogP contribution in [0.4, 0.5) is 9.18 Å². The van der Waals surface area contributed by atoms with Gasteiger partial charge in [0.1, 0.15) is 17.8 Å². The number of hydrogen-bond acceptors (Lipinski definition) is 4. The summed E-state index contributed by atoms with van der Waals surface area (Å²) in [5.74, 6) is -0.508. The standard InChI is InChI=1S/C8H15NO4.C4H7F/c1-8(2,3)13-7(11)9-5-6(10)12-4;1-4(5)2-3-4/h5H2,1-4H3,(H,9,11);2-3H2,1H3. The summed E-state index contributed by atoms with van der Waals surface area (Å²) in [4.78, 5) is 21.5. The third-order valence-electron chi connectivity index (χ3n) is 1.94. The molecule has 1 aliphatic carbocycles. The molecule has 0 atom stereocenters. The number of esters is 1. The summed E-state index contributed by atoms with van der Waals surface area (Å²) >= 11 is 0. The molecule has 0 heterocycles. The Labute approximate surface area is 107 Å². The first-order valence-electron chi connectivity index (χ1n) is 5.78. The lowest BCUT2D eigenvalue weighted by molar-refractivity contribution is -0.139. The van der Waals surface area contributed by atoms with Crippen molar-refractivity contribution in [1.82, 2.24) is 5.32 Å². The van der Waals surface area contributed by atoms with Crippen LogP contribution < -0.4 is 5.32 Å². The van der Waals surface area contributed by atoms with Crippen LogP contribution in [0.15, 0.2) is 0 Å². The zero-order chi connectivity index (χ0) is 14.4. The largest absolute Gasteiger partial charge is 0.468 e. The molecule has 0 spiro atoms. The molecule has 1 N–H and O–H groups in total. The summed E-state index contributed by atoms with van der Waals surface area (Å²) in [5, 5.41) is 2.25. The summed E-state index contributed by atoms with van der Waals surface area (Å²) in [6.45, 7) is 6.68. The predicted octanol–water partition coefficient (Wildman–Crippen LogP) is 2.19. The number of halogens is 1. The zero-order valence-electron chi connectivity index (χ0n) is 11.6. The van der Waals surface area contributed by atoms with E-state index in [2.05, 4.69) is 10.1 Å². The van der Waals surface area contributed by atoms with Gasteiger partial charge in [-0.3, -0.25) is 4.79 Å². The molecule has 1 aliphatic rings. The van der Waals surface area contributed by atoms with Crippen molar-refractivity contribution in [3.05, 3.63) is 0 Å². The van der Waals surface area contributed by atoms with Gasteiger partial charge in [0.05, 0.1) is 7.11 Å². The van der Waals surface area contributed by atoms with Gasteiger partial charge in [0, 0.05) is 0 Å². The van der Waals surface area contributed by atoms with Gasteiger partial charge in [-0.05, 0) is 40.5 Å². The van der Waals surface area contributed by atoms with Gasteiger partial charge < -0.3 is 14.8 Å². The smallest absolute Gasteiger partial charge is 0.408 e. The molecule has 0 aromatic carbocycles. The Morgan fingerprint density at radius 3 is 2.06 bits per heavy atom. The fourth-order valence-electron chi connectivity index (χ4n) is 0.703. The van der Waals surface area contributed by atoms with Crippen LogP contribution >= 0.6 is 0 Å². The minimum absolute atomic E-state index is 0.175. The molecular formula is C12H22FNO4. The molecule has 18 heavy (non-hydrogen) atoms. The Hall–Kier alpha value is -1.33. The van der Waals surface area contributed by atoms with E-state index >= 15 is 0 Å². The highest BCUT2D eigenvalue weighted by Crippen LogP contribution is 2.38. The van der Waals surface area contributed by atoms with Crippen molar-refractivity contribution in [2.45, 2.75) is 51.8 Å². The van der Waals surface area contributed by atoms with E-state index in [4.69, 9.17) is 4.74 Å². The summed E-state index contributed by atoms with van der Waals surface area (Å²) in [7, 11) is 1.25. The van der Waals surface area contributed by atoms with Gasteiger partial charge in [-0.2, -0.15) is 0 Å². The number of nitrogens with one attached hydrogen (secondary N) is 1. The highest BCUT2D eigenvalue weighted by Gasteiger charge is 2.36. The van der Waals surface area contributed by atoms with Crippen molar-refractivity contribution in [3.8, 4) is 0 Å². The molecule has 0 saturated heterocycles. The minimum Gasteiger partial charge on any atom is -0.468 e. The molecule has 0 aliphatic heterocycles. The maximum Gasteiger partial charge on any atom is 0.408 e. The summed E-state index contributed by atoms with van der Waals surface area (Å²) in [5.41, 5.74) is -1.31. The second kappa shape index (κ2) is 6.56. The summed E-state index contributed by atoms with van der Waals surface area (Å²) in [6, 6.07) is 0. The monoisotopic (exact) mass is 263 g/mol. The number of carbonyl (C=O) groups is 2. The molecule has 1 amide bonds. The van der Waals surface area contributed by atoms with E-state index in [0.717, 1.165) is 12.8 Å². The van der Waals surface area contributed by atoms with E-state index < -0.39 is 23.3 Å². The van der Waals surface area contributed by atoms with Gasteiger partial charge in [0.2, 0.25) is 0 Å². The number of methoxy groups -OCH3 is 1. The number of carbonyl (C=O) groups excluding carboxylic acids is 2. The molecule has 0 aromatic heterocycles. The Kier molecular flexibility index (Phi) is 6.08. The number of alkyl halides is 1. The molecule has 6 heteroatoms. The average molecular weight is 263 g/mol. The van der Waals surface area contributed by atoms with Crippen LogP contribution in [0.5, 0.6) is 0 Å². The van der Waals surface area contributed by atoms with Crippen LogP contribution in [0, 0.1) is 0 Å². The van der Waals surface area contributed by atoms with Crippen molar-refractivity contribution in [2.75, 3.05) is 13.7 Å². The van der Waals surface area contributed by atoms with Crippen LogP contribution in [0.25, 0.3) is 0 Å². The van der Waals surface area contributed by atoms with Crippen molar-refractivity contribution < 1.29 is 23.5 Å². The van der Waals surface area contributed by atoms with Crippen LogP contribution in [-0.4, -0.2) is 37.0 Å². The lowest BCUT2D eigenvalue weighted by Crippen LogP contribution is -2.35. The van der Waals surface area contributed by atoms with E-state index in [1.807, 2.05) is 0 Å². The molecule has 106 valence electrons. The van der Waals surface area contributed by atoms with Crippen molar-refractivity contribution >= 4 is 12.1 Å². The third kappa shape index (κ3) is 11.2. The molecule has 1 saturated carbocycles. The van der Waals surface area contributed by atoms with Crippen LogP contribution in [-0.2, 0) is 14.3 Å². The molecular weight excluding hydrogens is 241 g/mol. The topological polar surface area (TPSA) is 64.6 Å². The first-order valence-corrected chi connectivity index (χ1v) is 5.78. The normalized spacial score (nSPS) is 15.9. The maximum atomic E-state index is 11.8. The molecule has 5 nitrogen and oxygen atoms in total. The van der Waals surface area contributed by atoms with E-state index in [1.54, 1.807) is 27.7 Å².